The minimum atomic E-state index is -0.640. The molecule has 2 heterocycles. The minimum Gasteiger partial charge on any atom is -0.494 e. The fraction of sp³-hybridized carbons (Fsp3) is 0.136. The molecule has 2 aromatic carbocycles. The van der Waals surface area contributed by atoms with E-state index in [2.05, 4.69) is 20.3 Å². The number of rotatable bonds is 5. The second-order valence-electron chi connectivity index (χ2n) is 7.03. The topological polar surface area (TPSA) is 132 Å². The van der Waals surface area contributed by atoms with Gasteiger partial charge in [-0.05, 0) is 31.2 Å². The Bertz CT molecular complexity index is 1480. The van der Waals surface area contributed by atoms with Crippen molar-refractivity contribution in [3.8, 4) is 17.5 Å². The van der Waals surface area contributed by atoms with Gasteiger partial charge in [0.2, 0.25) is 5.95 Å². The fourth-order valence-electron chi connectivity index (χ4n) is 3.39. The van der Waals surface area contributed by atoms with Gasteiger partial charge in [0.25, 0.3) is 5.56 Å². The molecule has 0 saturated heterocycles. The van der Waals surface area contributed by atoms with Gasteiger partial charge < -0.3 is 15.8 Å². The third-order valence-electron chi connectivity index (χ3n) is 4.93. The molecule has 3 N–H and O–H groups in total. The summed E-state index contributed by atoms with van der Waals surface area (Å²) in [5.74, 6) is -0.197. The van der Waals surface area contributed by atoms with E-state index in [0.717, 1.165) is 0 Å². The SMILES string of the molecule is COc1cc(-n2c(C(C)Nc3nc(N)ncc3C#N)nc3cccc(Cl)c3c2=O)ccc1F. The maximum Gasteiger partial charge on any atom is 0.267 e. The fourth-order valence-corrected chi connectivity index (χ4v) is 3.64. The standard InChI is InChI=1S/C22H17ClFN7O2/c1-11(28-19-12(9-25)10-27-22(26)30-19)20-29-16-5-3-4-14(23)18(16)21(32)31(20)13-6-7-15(24)17(8-13)33-2/h3-8,10-11H,1-2H3,(H3,26,27,28,30). The first-order chi connectivity index (χ1) is 15.8. The lowest BCUT2D eigenvalue weighted by Crippen LogP contribution is -2.28. The van der Waals surface area contributed by atoms with E-state index in [1.54, 1.807) is 25.1 Å². The molecule has 1 atom stereocenters. The Morgan fingerprint density at radius 2 is 2.09 bits per heavy atom. The minimum absolute atomic E-state index is 0.0254. The third-order valence-corrected chi connectivity index (χ3v) is 5.25. The highest BCUT2D eigenvalue weighted by Gasteiger charge is 2.21. The van der Waals surface area contributed by atoms with Gasteiger partial charge >= 0.3 is 0 Å². The lowest BCUT2D eigenvalue weighted by atomic mass is 10.2. The van der Waals surface area contributed by atoms with Crippen LogP contribution >= 0.6 is 11.6 Å². The van der Waals surface area contributed by atoms with Gasteiger partial charge in [-0.25, -0.2) is 14.4 Å². The Balaban J connectivity index is 1.96. The molecule has 0 radical (unpaired) electrons. The highest BCUT2D eigenvalue weighted by molar-refractivity contribution is 6.35. The number of nitrogens with one attached hydrogen (secondary N) is 1. The number of anilines is 2. The van der Waals surface area contributed by atoms with Crippen LogP contribution in [-0.2, 0) is 0 Å². The Kier molecular flexibility index (Phi) is 5.81. The van der Waals surface area contributed by atoms with E-state index >= 15 is 0 Å². The van der Waals surface area contributed by atoms with Gasteiger partial charge in [-0.1, -0.05) is 17.7 Å². The maximum absolute atomic E-state index is 14.1. The molecule has 2 aromatic heterocycles. The summed E-state index contributed by atoms with van der Waals surface area (Å²) in [5, 5.41) is 12.9. The van der Waals surface area contributed by atoms with Crippen molar-refractivity contribution >= 4 is 34.3 Å². The van der Waals surface area contributed by atoms with Crippen LogP contribution in [0.4, 0.5) is 16.2 Å². The Labute approximate surface area is 192 Å². The molecule has 9 nitrogen and oxygen atoms in total. The van der Waals surface area contributed by atoms with Crippen molar-refractivity contribution in [3.63, 3.8) is 0 Å². The predicted molar refractivity (Wildman–Crippen MR) is 122 cm³/mol. The van der Waals surface area contributed by atoms with Gasteiger partial charge in [0, 0.05) is 6.07 Å². The molecule has 0 saturated carbocycles. The first-order valence-corrected chi connectivity index (χ1v) is 10.1. The molecule has 0 aliphatic rings. The van der Waals surface area contributed by atoms with Crippen molar-refractivity contribution in [2.24, 2.45) is 0 Å². The number of ether oxygens (including phenoxy) is 1. The van der Waals surface area contributed by atoms with Gasteiger partial charge in [-0.15, -0.1) is 0 Å². The average Bonchev–Trinajstić information content (AvgIpc) is 2.79. The van der Waals surface area contributed by atoms with Crippen molar-refractivity contribution < 1.29 is 9.13 Å². The summed E-state index contributed by atoms with van der Waals surface area (Å²) >= 11 is 6.30. The monoisotopic (exact) mass is 465 g/mol. The second kappa shape index (κ2) is 8.72. The molecule has 0 spiro atoms. The predicted octanol–water partition coefficient (Wildman–Crippen LogP) is 3.60. The molecule has 4 aromatic rings. The number of nitrogen functional groups attached to an aromatic ring is 1. The number of aromatic nitrogens is 4. The Hall–Kier alpha value is -4.23. The van der Waals surface area contributed by atoms with Gasteiger partial charge in [-0.3, -0.25) is 9.36 Å². The van der Waals surface area contributed by atoms with Crippen LogP contribution < -0.4 is 21.3 Å². The summed E-state index contributed by atoms with van der Waals surface area (Å²) in [6, 6.07) is 10.3. The van der Waals surface area contributed by atoms with E-state index in [1.165, 1.54) is 36.1 Å². The number of halogens is 2. The summed E-state index contributed by atoms with van der Waals surface area (Å²) in [6.45, 7) is 1.73. The van der Waals surface area contributed by atoms with Crippen LogP contribution in [-0.4, -0.2) is 26.6 Å². The van der Waals surface area contributed by atoms with E-state index in [1.807, 2.05) is 6.07 Å². The molecule has 33 heavy (non-hydrogen) atoms. The van der Waals surface area contributed by atoms with Crippen molar-refractivity contribution in [2.45, 2.75) is 13.0 Å². The van der Waals surface area contributed by atoms with E-state index < -0.39 is 17.4 Å². The number of nitrogens with two attached hydrogens (primary N) is 1. The Morgan fingerprint density at radius 1 is 1.30 bits per heavy atom. The molecule has 1 unspecified atom stereocenters. The zero-order valence-electron chi connectivity index (χ0n) is 17.5. The molecule has 0 fully saturated rings. The van der Waals surface area contributed by atoms with Gasteiger partial charge in [-0.2, -0.15) is 10.2 Å². The summed E-state index contributed by atoms with van der Waals surface area (Å²) in [7, 11) is 1.33. The lowest BCUT2D eigenvalue weighted by Gasteiger charge is -2.21. The average molecular weight is 466 g/mol. The summed E-state index contributed by atoms with van der Waals surface area (Å²) < 4.78 is 20.4. The van der Waals surface area contributed by atoms with Gasteiger partial charge in [0.05, 0.1) is 41.0 Å². The zero-order chi connectivity index (χ0) is 23.7. The van der Waals surface area contributed by atoms with E-state index in [0.29, 0.717) is 11.2 Å². The highest BCUT2D eigenvalue weighted by Crippen LogP contribution is 2.27. The van der Waals surface area contributed by atoms with Crippen LogP contribution in [0.15, 0.2) is 47.4 Å². The van der Waals surface area contributed by atoms with E-state index in [-0.39, 0.29) is 39.3 Å². The number of hydrogen-bond donors (Lipinski definition) is 2. The lowest BCUT2D eigenvalue weighted by molar-refractivity contribution is 0.386. The molecule has 0 bridgehead atoms. The summed E-state index contributed by atoms with van der Waals surface area (Å²) in [6.07, 6.45) is 1.29. The number of hydrogen-bond acceptors (Lipinski definition) is 8. The first-order valence-electron chi connectivity index (χ1n) is 9.68. The van der Waals surface area contributed by atoms with Gasteiger partial charge in [0.1, 0.15) is 23.3 Å². The molecule has 0 aliphatic heterocycles. The van der Waals surface area contributed by atoms with Crippen molar-refractivity contribution in [1.82, 2.24) is 19.5 Å². The number of fused-ring (bicyclic) bond motifs is 1. The first kappa shape index (κ1) is 22.0. The molecule has 0 amide bonds. The second-order valence-corrected chi connectivity index (χ2v) is 7.44. The molecular weight excluding hydrogens is 449 g/mol. The van der Waals surface area contributed by atoms with Crippen LogP contribution in [0.5, 0.6) is 5.75 Å². The molecule has 11 heteroatoms. The zero-order valence-corrected chi connectivity index (χ0v) is 18.3. The van der Waals surface area contributed by atoms with Crippen LogP contribution in [0.25, 0.3) is 16.6 Å². The number of methoxy groups -OCH3 is 1. The number of benzene rings is 2. The van der Waals surface area contributed by atoms with Crippen molar-refractivity contribution in [1.29, 1.82) is 5.26 Å². The quantitative estimate of drug-likeness (QED) is 0.457. The third kappa shape index (κ3) is 4.02. The molecular formula is C22H17ClFN7O2. The van der Waals surface area contributed by atoms with Crippen LogP contribution in [0.2, 0.25) is 5.02 Å². The summed E-state index contributed by atoms with van der Waals surface area (Å²) in [5.41, 5.74) is 6.08. The van der Waals surface area contributed by atoms with Crippen LogP contribution in [0.3, 0.4) is 0 Å². The van der Waals surface area contributed by atoms with Crippen molar-refractivity contribution in [2.75, 3.05) is 18.2 Å². The normalized spacial score (nSPS) is 11.7. The van der Waals surface area contributed by atoms with Crippen LogP contribution in [0, 0.1) is 17.1 Å². The van der Waals surface area contributed by atoms with Gasteiger partial charge in [0.15, 0.2) is 11.6 Å². The smallest absolute Gasteiger partial charge is 0.267 e. The summed E-state index contributed by atoms with van der Waals surface area (Å²) in [4.78, 5) is 26.1. The molecule has 4 rings (SSSR count). The highest BCUT2D eigenvalue weighted by atomic mass is 35.5. The van der Waals surface area contributed by atoms with E-state index in [9.17, 15) is 14.4 Å². The van der Waals surface area contributed by atoms with E-state index in [4.69, 9.17) is 22.1 Å². The molecule has 0 aliphatic carbocycles. The maximum atomic E-state index is 14.1. The van der Waals surface area contributed by atoms with Crippen molar-refractivity contribution in [3.05, 3.63) is 75.2 Å². The Morgan fingerprint density at radius 3 is 2.82 bits per heavy atom. The number of nitriles is 1. The van der Waals surface area contributed by atoms with Crippen LogP contribution in [0.1, 0.15) is 24.4 Å². The number of nitrogens with zero attached hydrogens (tertiary/aromatic N) is 5. The molecule has 166 valence electrons. The largest absolute Gasteiger partial charge is 0.494 e.